The number of aromatic nitrogens is 2. The first-order chi connectivity index (χ1) is 33.9. The first-order valence-corrected chi connectivity index (χ1v) is 23.5. The predicted molar refractivity (Wildman–Crippen MR) is 259 cm³/mol. The second-order valence-corrected chi connectivity index (χ2v) is 17.3. The molecule has 0 bridgehead atoms. The Morgan fingerprint density at radius 3 is 2.40 bits per heavy atom. The van der Waals surface area contributed by atoms with Crippen LogP contribution in [0.25, 0.3) is 32.8 Å². The van der Waals surface area contributed by atoms with Gasteiger partial charge in [0.2, 0.25) is 29.6 Å². The quantitative estimate of drug-likeness (QED) is 0.0507. The molecule has 5 amide bonds. The van der Waals surface area contributed by atoms with E-state index in [2.05, 4.69) is 22.2 Å². The van der Waals surface area contributed by atoms with E-state index in [1.165, 1.54) is 17.0 Å². The highest BCUT2D eigenvalue weighted by Gasteiger charge is 2.39. The van der Waals surface area contributed by atoms with Crippen molar-refractivity contribution in [3.63, 3.8) is 0 Å². The number of nitrogens with one attached hydrogen (secondary N) is 2. The van der Waals surface area contributed by atoms with Crippen molar-refractivity contribution in [2.75, 3.05) is 103 Å². The van der Waals surface area contributed by atoms with Gasteiger partial charge in [-0.3, -0.25) is 29.3 Å². The molecular weight excluding hydrogens is 927 g/mol. The molecule has 5 aromatic rings. The Balaban J connectivity index is 0.758. The summed E-state index contributed by atoms with van der Waals surface area (Å²) in [5.74, 6) is -0.994. The van der Waals surface area contributed by atoms with Crippen molar-refractivity contribution in [3.8, 4) is 22.6 Å². The molecule has 18 nitrogen and oxygen atoms in total. The average molecular weight is 981 g/mol. The van der Waals surface area contributed by atoms with Crippen LogP contribution in [0.1, 0.15) is 35.2 Å². The number of aromatic hydroxyl groups is 1. The highest BCUT2D eigenvalue weighted by molar-refractivity contribution is 6.35. The van der Waals surface area contributed by atoms with E-state index in [-0.39, 0.29) is 84.0 Å². The topological polar surface area (TPSA) is 205 Å². The summed E-state index contributed by atoms with van der Waals surface area (Å²) < 4.78 is 39.6. The van der Waals surface area contributed by atoms with Gasteiger partial charge in [-0.05, 0) is 70.8 Å². The number of piperazine rings is 1. The van der Waals surface area contributed by atoms with E-state index in [1.54, 1.807) is 47.2 Å². The van der Waals surface area contributed by atoms with Crippen molar-refractivity contribution in [1.29, 1.82) is 0 Å². The van der Waals surface area contributed by atoms with Gasteiger partial charge in [-0.25, -0.2) is 9.37 Å². The van der Waals surface area contributed by atoms with Crippen molar-refractivity contribution < 1.29 is 52.4 Å². The number of phenols is 1. The number of rotatable bonds is 21. The van der Waals surface area contributed by atoms with Crippen LogP contribution in [-0.2, 0) is 39.9 Å². The summed E-state index contributed by atoms with van der Waals surface area (Å²) in [4.78, 5) is 78.2. The SMILES string of the molecule is C=CC(=O)N1CCN(c2nc(NCCC(=O)N(C)CCOCCOCCOCCOc3ccc4c(c3)CN(C3CCC(=O)NC3=O)C4=O)nc3c(F)c(-c4cc(O)cc5ccccc45)c(Cl)cc23)CC1. The van der Waals surface area contributed by atoms with E-state index in [4.69, 9.17) is 35.5 Å². The normalized spacial score (nSPS) is 15.9. The molecule has 1 unspecified atom stereocenters. The number of anilines is 2. The van der Waals surface area contributed by atoms with Gasteiger partial charge in [0.25, 0.3) is 5.91 Å². The van der Waals surface area contributed by atoms with Gasteiger partial charge in [-0.2, -0.15) is 4.98 Å². The van der Waals surface area contributed by atoms with Gasteiger partial charge in [-0.15, -0.1) is 0 Å². The van der Waals surface area contributed by atoms with Crippen molar-refractivity contribution in [1.82, 2.24) is 30.0 Å². The number of carbonyl (C=O) groups excluding carboxylic acids is 5. The molecule has 2 saturated heterocycles. The van der Waals surface area contributed by atoms with Crippen LogP contribution in [0.15, 0.2) is 73.3 Å². The number of hydrogen-bond donors (Lipinski definition) is 3. The monoisotopic (exact) mass is 980 g/mol. The van der Waals surface area contributed by atoms with Crippen molar-refractivity contribution in [2.45, 2.75) is 31.8 Å². The Bertz CT molecular complexity index is 2810. The number of carbonyl (C=O) groups is 5. The number of halogens is 2. The maximum Gasteiger partial charge on any atom is 0.255 e. The van der Waals surface area contributed by atoms with E-state index in [1.807, 2.05) is 29.2 Å². The van der Waals surface area contributed by atoms with Gasteiger partial charge in [0.1, 0.15) is 35.5 Å². The molecule has 0 radical (unpaired) electrons. The Kier molecular flexibility index (Phi) is 16.0. The van der Waals surface area contributed by atoms with Crippen molar-refractivity contribution in [3.05, 3.63) is 95.3 Å². The highest BCUT2D eigenvalue weighted by Crippen LogP contribution is 2.42. The molecule has 8 rings (SSSR count). The van der Waals surface area contributed by atoms with E-state index >= 15 is 4.39 Å². The molecule has 2 fully saturated rings. The van der Waals surface area contributed by atoms with E-state index in [0.717, 1.165) is 5.56 Å². The lowest BCUT2D eigenvalue weighted by atomic mass is 9.96. The largest absolute Gasteiger partial charge is 0.508 e. The average Bonchev–Trinajstić information content (AvgIpc) is 3.68. The fourth-order valence-electron chi connectivity index (χ4n) is 8.72. The molecule has 3 aliphatic heterocycles. The fraction of sp³-hybridized carbons (Fsp3) is 0.380. The summed E-state index contributed by atoms with van der Waals surface area (Å²) in [7, 11) is 1.68. The van der Waals surface area contributed by atoms with E-state index in [0.29, 0.717) is 118 Å². The van der Waals surface area contributed by atoms with Gasteiger partial charge < -0.3 is 49.0 Å². The standard InChI is InChI=1S/C50H54ClFN8O10/c1-3-42(63)58-14-16-59(17-15-58)47-38-29-39(51)44(37-28-33(61)26-31-6-4-5-7-35(31)37)45(52)46(38)55-50(56-47)53-13-12-43(64)57(2)18-19-67-20-21-68-22-23-69-24-25-70-34-8-9-36-32(27-34)30-60(49(36)66)40-10-11-41(62)54-48(40)65/h3-9,26-29,40,61H,1,10-25,30H2,2H3,(H,53,55,56)(H,54,62,65). The highest BCUT2D eigenvalue weighted by atomic mass is 35.5. The number of amides is 5. The lowest BCUT2D eigenvalue weighted by molar-refractivity contribution is -0.137. The summed E-state index contributed by atoms with van der Waals surface area (Å²) in [6.45, 7) is 8.21. The van der Waals surface area contributed by atoms with Crippen LogP contribution in [0.5, 0.6) is 11.5 Å². The lowest BCUT2D eigenvalue weighted by Crippen LogP contribution is -2.52. The number of piperidine rings is 1. The fourth-order valence-corrected chi connectivity index (χ4v) is 9.01. The van der Waals surface area contributed by atoms with Gasteiger partial charge in [0, 0.05) is 82.2 Å². The minimum atomic E-state index is -0.695. The van der Waals surface area contributed by atoms with Crippen LogP contribution in [0.3, 0.4) is 0 Å². The van der Waals surface area contributed by atoms with Crippen LogP contribution in [0.2, 0.25) is 5.02 Å². The van der Waals surface area contributed by atoms with E-state index < -0.39 is 17.8 Å². The van der Waals surface area contributed by atoms with Crippen LogP contribution < -0.4 is 20.3 Å². The second-order valence-electron chi connectivity index (χ2n) is 16.9. The molecule has 3 N–H and O–H groups in total. The molecular formula is C50H54ClFN8O10. The number of imide groups is 1. The smallest absolute Gasteiger partial charge is 0.255 e. The van der Waals surface area contributed by atoms with Gasteiger partial charge >= 0.3 is 0 Å². The third kappa shape index (κ3) is 11.4. The summed E-state index contributed by atoms with van der Waals surface area (Å²) >= 11 is 6.86. The molecule has 20 heteroatoms. The number of likely N-dealkylation sites (N-methyl/N-ethyl adjacent to an activating group) is 1. The number of benzene rings is 4. The molecule has 0 saturated carbocycles. The lowest BCUT2D eigenvalue weighted by Gasteiger charge is -2.35. The van der Waals surface area contributed by atoms with Gasteiger partial charge in [0.15, 0.2) is 5.82 Å². The molecule has 0 aliphatic carbocycles. The first kappa shape index (κ1) is 49.5. The minimum Gasteiger partial charge on any atom is -0.508 e. The summed E-state index contributed by atoms with van der Waals surface area (Å²) in [6, 6.07) is 16.5. The Morgan fingerprint density at radius 1 is 0.929 bits per heavy atom. The summed E-state index contributed by atoms with van der Waals surface area (Å²) in [5.41, 5.74) is 1.76. The number of fused-ring (bicyclic) bond motifs is 3. The summed E-state index contributed by atoms with van der Waals surface area (Å²) in [6.07, 6.45) is 1.86. The minimum absolute atomic E-state index is 0.00286. The number of nitrogens with zero attached hydrogens (tertiary/aromatic N) is 6. The molecule has 1 aromatic heterocycles. The zero-order valence-corrected chi connectivity index (χ0v) is 39.5. The van der Waals surface area contributed by atoms with Crippen LogP contribution in [-0.4, -0.2) is 158 Å². The zero-order chi connectivity index (χ0) is 49.3. The maximum absolute atomic E-state index is 16.9. The second kappa shape index (κ2) is 22.7. The molecule has 4 heterocycles. The molecule has 3 aliphatic rings. The van der Waals surface area contributed by atoms with Crippen LogP contribution in [0, 0.1) is 5.82 Å². The van der Waals surface area contributed by atoms with Crippen molar-refractivity contribution in [2.24, 2.45) is 0 Å². The number of hydrogen-bond acceptors (Lipinski definition) is 14. The Hall–Kier alpha value is -6.93. The van der Waals surface area contributed by atoms with E-state index in [9.17, 15) is 29.1 Å². The Morgan fingerprint density at radius 2 is 1.66 bits per heavy atom. The third-order valence-corrected chi connectivity index (χ3v) is 12.7. The molecule has 1 atom stereocenters. The maximum atomic E-state index is 16.9. The third-order valence-electron chi connectivity index (χ3n) is 12.4. The van der Waals surface area contributed by atoms with Crippen LogP contribution >= 0.6 is 11.6 Å². The number of phenolic OH excluding ortho intramolecular Hbond substituents is 1. The molecule has 0 spiro atoms. The number of ether oxygens (including phenoxy) is 4. The van der Waals surface area contributed by atoms with Gasteiger partial charge in [-0.1, -0.05) is 42.4 Å². The van der Waals surface area contributed by atoms with Crippen LogP contribution in [0.4, 0.5) is 16.2 Å². The molecule has 368 valence electrons. The van der Waals surface area contributed by atoms with Crippen molar-refractivity contribution >= 4 is 74.6 Å². The first-order valence-electron chi connectivity index (χ1n) is 23.1. The van der Waals surface area contributed by atoms with Gasteiger partial charge in [0.05, 0.1) is 44.7 Å². The predicted octanol–water partition coefficient (Wildman–Crippen LogP) is 4.93. The Labute approximate surface area is 408 Å². The molecule has 4 aromatic carbocycles. The zero-order valence-electron chi connectivity index (χ0n) is 38.7. The summed E-state index contributed by atoms with van der Waals surface area (Å²) in [5, 5.41) is 17.9. The molecule has 70 heavy (non-hydrogen) atoms.